The zero-order chi connectivity index (χ0) is 19.9. The van der Waals surface area contributed by atoms with Crippen LogP contribution in [0.1, 0.15) is 36.2 Å². The van der Waals surface area contributed by atoms with Crippen LogP contribution in [0.15, 0.2) is 47.5 Å². The highest BCUT2D eigenvalue weighted by Gasteiger charge is 2.08. The Bertz CT molecular complexity index is 865. The van der Waals surface area contributed by atoms with E-state index in [1.807, 2.05) is 0 Å². The lowest BCUT2D eigenvalue weighted by atomic mass is 10.1. The van der Waals surface area contributed by atoms with E-state index < -0.39 is 10.0 Å². The van der Waals surface area contributed by atoms with E-state index in [0.717, 1.165) is 18.5 Å². The van der Waals surface area contributed by atoms with Crippen molar-refractivity contribution in [3.8, 4) is 0 Å². The van der Waals surface area contributed by atoms with Crippen LogP contribution in [0, 0.1) is 5.92 Å². The van der Waals surface area contributed by atoms with Gasteiger partial charge in [0.1, 0.15) is 5.82 Å². The number of nitrogens with two attached hydrogens (primary N) is 1. The molecule has 7 nitrogen and oxygen atoms in total. The predicted molar refractivity (Wildman–Crippen MR) is 106 cm³/mol. The lowest BCUT2D eigenvalue weighted by molar-refractivity contribution is 0.0954. The minimum Gasteiger partial charge on any atom is -0.370 e. The summed E-state index contributed by atoms with van der Waals surface area (Å²) in [6, 6.07) is 9.71. The molecule has 2 aromatic rings. The van der Waals surface area contributed by atoms with Crippen molar-refractivity contribution in [3.05, 3.63) is 53.7 Å². The van der Waals surface area contributed by atoms with Gasteiger partial charge in [-0.15, -0.1) is 0 Å². The number of amides is 1. The largest absolute Gasteiger partial charge is 0.370 e. The van der Waals surface area contributed by atoms with Crippen molar-refractivity contribution in [2.45, 2.75) is 31.6 Å². The van der Waals surface area contributed by atoms with Gasteiger partial charge in [-0.3, -0.25) is 4.79 Å². The molecule has 1 aromatic carbocycles. The molecule has 0 aliphatic heterocycles. The van der Waals surface area contributed by atoms with E-state index in [4.69, 9.17) is 5.14 Å². The van der Waals surface area contributed by atoms with E-state index in [9.17, 15) is 13.2 Å². The quantitative estimate of drug-likeness (QED) is 0.607. The predicted octanol–water partition coefficient (Wildman–Crippen LogP) is 2.16. The first kappa shape index (κ1) is 20.9. The number of hydrogen-bond donors (Lipinski definition) is 3. The Labute approximate surface area is 160 Å². The molecule has 8 heteroatoms. The molecular formula is C19H26N4O3S. The Morgan fingerprint density at radius 1 is 1.15 bits per heavy atom. The molecule has 0 atom stereocenters. The van der Waals surface area contributed by atoms with Crippen molar-refractivity contribution in [1.29, 1.82) is 0 Å². The molecule has 1 heterocycles. The second kappa shape index (κ2) is 9.48. The molecule has 4 N–H and O–H groups in total. The van der Waals surface area contributed by atoms with Crippen LogP contribution in [-0.2, 0) is 16.4 Å². The van der Waals surface area contributed by atoms with Gasteiger partial charge in [0.2, 0.25) is 10.0 Å². The number of carbonyl (C=O) groups is 1. The van der Waals surface area contributed by atoms with Crippen LogP contribution < -0.4 is 15.8 Å². The smallest absolute Gasteiger partial charge is 0.251 e. The first-order valence-corrected chi connectivity index (χ1v) is 10.4. The fourth-order valence-electron chi connectivity index (χ4n) is 2.43. The zero-order valence-electron chi connectivity index (χ0n) is 15.6. The van der Waals surface area contributed by atoms with E-state index in [1.165, 1.54) is 12.1 Å². The third-order valence-corrected chi connectivity index (χ3v) is 4.93. The molecule has 0 spiro atoms. The van der Waals surface area contributed by atoms with Crippen LogP contribution >= 0.6 is 0 Å². The van der Waals surface area contributed by atoms with Gasteiger partial charge in [0.05, 0.1) is 4.90 Å². The number of nitrogens with one attached hydrogen (secondary N) is 2. The maximum atomic E-state index is 12.3. The molecule has 0 bridgehead atoms. The number of aromatic nitrogens is 1. The highest BCUT2D eigenvalue weighted by molar-refractivity contribution is 7.89. The summed E-state index contributed by atoms with van der Waals surface area (Å²) < 4.78 is 22.5. The highest BCUT2D eigenvalue weighted by Crippen LogP contribution is 2.10. The molecule has 0 aliphatic carbocycles. The van der Waals surface area contributed by atoms with Gasteiger partial charge >= 0.3 is 0 Å². The van der Waals surface area contributed by atoms with Crippen LogP contribution in [0.4, 0.5) is 5.82 Å². The fourth-order valence-corrected chi connectivity index (χ4v) is 2.94. The van der Waals surface area contributed by atoms with Crippen LogP contribution in [0.25, 0.3) is 0 Å². The first-order chi connectivity index (χ1) is 12.8. The number of primary sulfonamides is 1. The number of carbonyl (C=O) groups excluding carboxylic acids is 1. The lowest BCUT2D eigenvalue weighted by Crippen LogP contribution is -2.25. The molecule has 146 valence electrons. The van der Waals surface area contributed by atoms with Gasteiger partial charge in [-0.1, -0.05) is 26.0 Å². The van der Waals surface area contributed by atoms with E-state index in [0.29, 0.717) is 30.3 Å². The van der Waals surface area contributed by atoms with E-state index >= 15 is 0 Å². The topological polar surface area (TPSA) is 114 Å². The molecule has 2 rings (SSSR count). The maximum Gasteiger partial charge on any atom is 0.251 e. The van der Waals surface area contributed by atoms with Crippen molar-refractivity contribution in [3.63, 3.8) is 0 Å². The lowest BCUT2D eigenvalue weighted by Gasteiger charge is -2.09. The zero-order valence-corrected chi connectivity index (χ0v) is 16.4. The van der Waals surface area contributed by atoms with Crippen molar-refractivity contribution in [2.75, 3.05) is 18.4 Å². The van der Waals surface area contributed by atoms with Crippen LogP contribution in [0.5, 0.6) is 0 Å². The molecule has 0 unspecified atom stereocenters. The molecule has 1 amide bonds. The van der Waals surface area contributed by atoms with Crippen molar-refractivity contribution in [1.82, 2.24) is 10.3 Å². The molecule has 0 aliphatic rings. The van der Waals surface area contributed by atoms with Crippen LogP contribution in [0.2, 0.25) is 0 Å². The van der Waals surface area contributed by atoms with E-state index in [1.54, 1.807) is 30.5 Å². The van der Waals surface area contributed by atoms with Gasteiger partial charge < -0.3 is 10.6 Å². The van der Waals surface area contributed by atoms with Crippen LogP contribution in [-0.4, -0.2) is 32.4 Å². The van der Waals surface area contributed by atoms with Crippen molar-refractivity contribution >= 4 is 21.7 Å². The van der Waals surface area contributed by atoms with Gasteiger partial charge in [-0.25, -0.2) is 18.5 Å². The van der Waals surface area contributed by atoms with E-state index in [-0.39, 0.29) is 10.8 Å². The van der Waals surface area contributed by atoms with Gasteiger partial charge in [0.25, 0.3) is 5.91 Å². The maximum absolute atomic E-state index is 12.3. The van der Waals surface area contributed by atoms with Gasteiger partial charge in [-0.2, -0.15) is 0 Å². The van der Waals surface area contributed by atoms with Gasteiger partial charge in [-0.05, 0) is 48.6 Å². The molecule has 0 saturated carbocycles. The Morgan fingerprint density at radius 3 is 2.48 bits per heavy atom. The third kappa shape index (κ3) is 6.99. The first-order valence-electron chi connectivity index (χ1n) is 8.85. The summed E-state index contributed by atoms with van der Waals surface area (Å²) in [5.41, 5.74) is 1.45. The summed E-state index contributed by atoms with van der Waals surface area (Å²) in [7, 11) is -3.69. The average molecular weight is 391 g/mol. The average Bonchev–Trinajstić information content (AvgIpc) is 2.61. The summed E-state index contributed by atoms with van der Waals surface area (Å²) in [6.07, 6.45) is 3.22. The Hall–Kier alpha value is -2.45. The monoisotopic (exact) mass is 390 g/mol. The summed E-state index contributed by atoms with van der Waals surface area (Å²) in [5, 5.41) is 11.1. The summed E-state index contributed by atoms with van der Waals surface area (Å²) in [6.45, 7) is 5.55. The SMILES string of the molecule is CC(C)CCNc1cc(C(=O)NCCc2ccc(S(N)(=O)=O)cc2)ccn1. The van der Waals surface area contributed by atoms with E-state index in [2.05, 4.69) is 29.5 Å². The standard InChI is InChI=1S/C19H26N4O3S/c1-14(2)7-10-21-18-13-16(9-12-22-18)19(24)23-11-8-15-3-5-17(6-4-15)27(20,25)26/h3-6,9,12-14H,7-8,10-11H2,1-2H3,(H,21,22)(H,23,24)(H2,20,25,26). The number of pyridine rings is 1. The molecular weight excluding hydrogens is 364 g/mol. The summed E-state index contributed by atoms with van der Waals surface area (Å²) in [5.74, 6) is 1.11. The second-order valence-corrected chi connectivity index (χ2v) is 8.30. The number of sulfonamides is 1. The fraction of sp³-hybridized carbons (Fsp3) is 0.368. The van der Waals surface area contributed by atoms with Crippen molar-refractivity contribution < 1.29 is 13.2 Å². The number of benzene rings is 1. The van der Waals surface area contributed by atoms with Crippen molar-refractivity contribution in [2.24, 2.45) is 11.1 Å². The van der Waals surface area contributed by atoms with Gasteiger partial charge in [0.15, 0.2) is 0 Å². The molecule has 1 aromatic heterocycles. The Morgan fingerprint density at radius 2 is 1.85 bits per heavy atom. The minimum atomic E-state index is -3.69. The normalized spacial score (nSPS) is 11.4. The molecule has 0 saturated heterocycles. The summed E-state index contributed by atoms with van der Waals surface area (Å²) >= 11 is 0. The molecule has 0 radical (unpaired) electrons. The Kier molecular flexibility index (Phi) is 7.32. The molecule has 27 heavy (non-hydrogen) atoms. The minimum absolute atomic E-state index is 0.0737. The summed E-state index contributed by atoms with van der Waals surface area (Å²) in [4.78, 5) is 16.6. The highest BCUT2D eigenvalue weighted by atomic mass is 32.2. The second-order valence-electron chi connectivity index (χ2n) is 6.73. The number of nitrogens with zero attached hydrogens (tertiary/aromatic N) is 1. The Balaban J connectivity index is 1.85. The molecule has 0 fully saturated rings. The number of hydrogen-bond acceptors (Lipinski definition) is 5. The van der Waals surface area contributed by atoms with Crippen LogP contribution in [0.3, 0.4) is 0 Å². The third-order valence-electron chi connectivity index (χ3n) is 4.00. The number of rotatable bonds is 9. The number of anilines is 1. The van der Waals surface area contributed by atoms with Gasteiger partial charge in [0, 0.05) is 24.8 Å².